The summed E-state index contributed by atoms with van der Waals surface area (Å²) in [6.07, 6.45) is 2.19. The Morgan fingerprint density at radius 3 is 2.26 bits per heavy atom. The Kier molecular flexibility index (Phi) is 7.92. The monoisotopic (exact) mass is 394 g/mol. The second kappa shape index (κ2) is 9.95. The van der Waals surface area contributed by atoms with E-state index in [-0.39, 0.29) is 30.4 Å². The molecular weight excluding hydrogens is 364 g/mol. The topological polar surface area (TPSA) is 73.5 Å². The van der Waals surface area contributed by atoms with Gasteiger partial charge >= 0.3 is 6.03 Å². The molecular formula is C20H31ClN4O2. The molecule has 3 N–H and O–H groups in total. The zero-order valence-electron chi connectivity index (χ0n) is 16.2. The molecule has 0 aromatic heterocycles. The molecule has 0 unspecified atom stereocenters. The predicted octanol–water partition coefficient (Wildman–Crippen LogP) is 2.39. The van der Waals surface area contributed by atoms with Gasteiger partial charge in [0, 0.05) is 31.2 Å². The molecule has 2 aliphatic heterocycles. The van der Waals surface area contributed by atoms with Crippen molar-refractivity contribution in [1.82, 2.24) is 20.9 Å². The summed E-state index contributed by atoms with van der Waals surface area (Å²) in [4.78, 5) is 26.4. The van der Waals surface area contributed by atoms with Crippen LogP contribution in [0.25, 0.3) is 0 Å². The molecule has 1 aromatic carbocycles. The summed E-state index contributed by atoms with van der Waals surface area (Å²) in [5, 5.41) is 9.08. The molecule has 2 aliphatic rings. The Morgan fingerprint density at radius 2 is 1.70 bits per heavy atom. The molecule has 2 heterocycles. The van der Waals surface area contributed by atoms with Crippen LogP contribution in [-0.4, -0.2) is 49.1 Å². The average molecular weight is 395 g/mol. The van der Waals surface area contributed by atoms with Crippen LogP contribution in [0.15, 0.2) is 24.3 Å². The van der Waals surface area contributed by atoms with E-state index in [1.165, 1.54) is 0 Å². The van der Waals surface area contributed by atoms with Crippen molar-refractivity contribution in [2.45, 2.75) is 39.3 Å². The number of urea groups is 1. The number of fused-ring (bicyclic) bond motifs is 1. The maximum Gasteiger partial charge on any atom is 0.315 e. The third kappa shape index (κ3) is 5.84. The van der Waals surface area contributed by atoms with Gasteiger partial charge in [0.25, 0.3) is 5.91 Å². The molecule has 0 spiro atoms. The number of halogens is 1. The fourth-order valence-electron chi connectivity index (χ4n) is 3.86. The predicted molar refractivity (Wildman–Crippen MR) is 109 cm³/mol. The van der Waals surface area contributed by atoms with E-state index in [0.717, 1.165) is 62.0 Å². The van der Waals surface area contributed by atoms with E-state index >= 15 is 0 Å². The Bertz CT molecular complexity index is 621. The molecule has 0 aliphatic carbocycles. The van der Waals surface area contributed by atoms with Gasteiger partial charge in [-0.3, -0.25) is 4.79 Å². The Hall–Kier alpha value is -1.79. The second-order valence-corrected chi connectivity index (χ2v) is 7.73. The van der Waals surface area contributed by atoms with Gasteiger partial charge in [-0.25, -0.2) is 4.79 Å². The SMILES string of the molecule is CC(C)NC(=O)NCc1ccc(C(=O)N2CC[C@@H]3CNC[C@@H]3CC2)cc1.Cl. The molecule has 3 rings (SSSR count). The van der Waals surface area contributed by atoms with E-state index in [2.05, 4.69) is 16.0 Å². The van der Waals surface area contributed by atoms with Crippen LogP contribution in [-0.2, 0) is 6.54 Å². The first-order valence-corrected chi connectivity index (χ1v) is 9.66. The number of likely N-dealkylation sites (tertiary alicyclic amines) is 1. The molecule has 27 heavy (non-hydrogen) atoms. The maximum absolute atomic E-state index is 12.8. The highest BCUT2D eigenvalue weighted by Gasteiger charge is 2.31. The first-order chi connectivity index (χ1) is 12.5. The van der Waals surface area contributed by atoms with E-state index in [1.54, 1.807) is 0 Å². The molecule has 0 saturated carbocycles. The van der Waals surface area contributed by atoms with E-state index in [9.17, 15) is 9.59 Å². The van der Waals surface area contributed by atoms with Gasteiger partial charge in [-0.1, -0.05) is 12.1 Å². The van der Waals surface area contributed by atoms with Crippen LogP contribution < -0.4 is 16.0 Å². The Morgan fingerprint density at radius 1 is 1.11 bits per heavy atom. The molecule has 6 nitrogen and oxygen atoms in total. The number of carbonyl (C=O) groups is 2. The van der Waals surface area contributed by atoms with Crippen molar-refractivity contribution in [1.29, 1.82) is 0 Å². The van der Waals surface area contributed by atoms with E-state index in [1.807, 2.05) is 43.0 Å². The summed E-state index contributed by atoms with van der Waals surface area (Å²) in [6, 6.07) is 7.50. The van der Waals surface area contributed by atoms with Crippen molar-refractivity contribution in [2.24, 2.45) is 11.8 Å². The minimum Gasteiger partial charge on any atom is -0.339 e. The zero-order valence-corrected chi connectivity index (χ0v) is 17.0. The van der Waals surface area contributed by atoms with Crippen LogP contribution >= 0.6 is 12.4 Å². The van der Waals surface area contributed by atoms with Crippen molar-refractivity contribution in [3.05, 3.63) is 35.4 Å². The highest BCUT2D eigenvalue weighted by Crippen LogP contribution is 2.27. The standard InChI is InChI=1S/C20H30N4O2.ClH/c1-14(2)23-20(26)22-11-15-3-5-16(6-4-15)19(25)24-9-7-17-12-21-13-18(17)8-10-24;/h3-6,14,17-18,21H,7-13H2,1-2H3,(H2,22,23,26);1H/t17-,18+;. The molecule has 0 bridgehead atoms. The summed E-state index contributed by atoms with van der Waals surface area (Å²) in [6.45, 7) is 8.18. The van der Waals surface area contributed by atoms with Gasteiger partial charge in [-0.2, -0.15) is 0 Å². The van der Waals surface area contributed by atoms with Crippen LogP contribution in [0.4, 0.5) is 4.79 Å². The fraction of sp³-hybridized carbons (Fsp3) is 0.600. The summed E-state index contributed by atoms with van der Waals surface area (Å²) in [5.74, 6) is 1.56. The van der Waals surface area contributed by atoms with Gasteiger partial charge in [-0.15, -0.1) is 12.4 Å². The summed E-state index contributed by atoms with van der Waals surface area (Å²) < 4.78 is 0. The van der Waals surface area contributed by atoms with Gasteiger partial charge in [0.15, 0.2) is 0 Å². The molecule has 7 heteroatoms. The number of carbonyl (C=O) groups excluding carboxylic acids is 2. The minimum absolute atomic E-state index is 0. The summed E-state index contributed by atoms with van der Waals surface area (Å²) in [5.41, 5.74) is 1.71. The molecule has 2 atom stereocenters. The minimum atomic E-state index is -0.176. The van der Waals surface area contributed by atoms with Gasteiger partial charge in [0.05, 0.1) is 0 Å². The second-order valence-electron chi connectivity index (χ2n) is 7.73. The summed E-state index contributed by atoms with van der Waals surface area (Å²) >= 11 is 0. The number of nitrogens with one attached hydrogen (secondary N) is 3. The van der Waals surface area contributed by atoms with Crippen molar-refractivity contribution in [3.63, 3.8) is 0 Å². The number of nitrogens with zero attached hydrogens (tertiary/aromatic N) is 1. The molecule has 1 aromatic rings. The van der Waals surface area contributed by atoms with Crippen molar-refractivity contribution >= 4 is 24.3 Å². The first-order valence-electron chi connectivity index (χ1n) is 9.66. The van der Waals surface area contributed by atoms with Crippen molar-refractivity contribution < 1.29 is 9.59 Å². The van der Waals surface area contributed by atoms with Crippen LogP contribution in [0.1, 0.15) is 42.6 Å². The average Bonchev–Trinajstić information content (AvgIpc) is 2.98. The highest BCUT2D eigenvalue weighted by atomic mass is 35.5. The summed E-state index contributed by atoms with van der Waals surface area (Å²) in [7, 11) is 0. The van der Waals surface area contributed by atoms with Crippen LogP contribution in [0.5, 0.6) is 0 Å². The quantitative estimate of drug-likeness (QED) is 0.734. The number of hydrogen-bond donors (Lipinski definition) is 3. The van der Waals surface area contributed by atoms with E-state index in [4.69, 9.17) is 0 Å². The normalized spacial score (nSPS) is 21.8. The Labute approximate surface area is 167 Å². The van der Waals surface area contributed by atoms with Crippen LogP contribution in [0.3, 0.4) is 0 Å². The lowest BCUT2D eigenvalue weighted by atomic mass is 9.92. The Balaban J connectivity index is 0.00000261. The number of rotatable bonds is 4. The third-order valence-corrected chi connectivity index (χ3v) is 5.38. The van der Waals surface area contributed by atoms with E-state index < -0.39 is 0 Å². The zero-order chi connectivity index (χ0) is 18.5. The molecule has 2 fully saturated rings. The highest BCUT2D eigenvalue weighted by molar-refractivity contribution is 5.94. The van der Waals surface area contributed by atoms with Gasteiger partial charge in [0.2, 0.25) is 0 Å². The molecule has 150 valence electrons. The fourth-order valence-corrected chi connectivity index (χ4v) is 3.86. The van der Waals surface area contributed by atoms with Crippen molar-refractivity contribution in [2.75, 3.05) is 26.2 Å². The van der Waals surface area contributed by atoms with Gasteiger partial charge in [0.1, 0.15) is 0 Å². The van der Waals surface area contributed by atoms with Crippen LogP contribution in [0.2, 0.25) is 0 Å². The lowest BCUT2D eigenvalue weighted by molar-refractivity contribution is 0.0758. The largest absolute Gasteiger partial charge is 0.339 e. The molecule has 2 saturated heterocycles. The van der Waals surface area contributed by atoms with Gasteiger partial charge in [-0.05, 0) is 69.3 Å². The van der Waals surface area contributed by atoms with Crippen LogP contribution in [0, 0.1) is 11.8 Å². The van der Waals surface area contributed by atoms with Gasteiger partial charge < -0.3 is 20.9 Å². The maximum atomic E-state index is 12.8. The smallest absolute Gasteiger partial charge is 0.315 e. The number of hydrogen-bond acceptors (Lipinski definition) is 3. The number of benzene rings is 1. The number of amides is 3. The van der Waals surface area contributed by atoms with E-state index in [0.29, 0.717) is 6.54 Å². The van der Waals surface area contributed by atoms with Crippen molar-refractivity contribution in [3.8, 4) is 0 Å². The molecule has 3 amide bonds. The molecule has 0 radical (unpaired) electrons. The first kappa shape index (κ1) is 21.5. The lowest BCUT2D eigenvalue weighted by Crippen LogP contribution is -2.39. The third-order valence-electron chi connectivity index (χ3n) is 5.38. The lowest BCUT2D eigenvalue weighted by Gasteiger charge is -2.21.